The van der Waals surface area contributed by atoms with Gasteiger partial charge in [0, 0.05) is 56.9 Å². The first-order chi connectivity index (χ1) is 22.3. The molecule has 2 N–H and O–H groups in total. The molecule has 4 aromatic rings. The van der Waals surface area contributed by atoms with E-state index in [0.29, 0.717) is 44.0 Å². The lowest BCUT2D eigenvalue weighted by molar-refractivity contribution is -0.138. The van der Waals surface area contributed by atoms with Gasteiger partial charge in [-0.15, -0.1) is 0 Å². The van der Waals surface area contributed by atoms with Gasteiger partial charge in [-0.1, -0.05) is 48.5 Å². The zero-order valence-corrected chi connectivity index (χ0v) is 26.0. The topological polar surface area (TPSA) is 103 Å². The van der Waals surface area contributed by atoms with Crippen molar-refractivity contribution >= 4 is 11.7 Å². The number of carbonyl (C=O) groups is 1. The monoisotopic (exact) mass is 653 g/mol. The van der Waals surface area contributed by atoms with Gasteiger partial charge in [0.2, 0.25) is 0 Å². The highest BCUT2D eigenvalue weighted by atomic mass is 19.4. The molecule has 1 aliphatic rings. The Morgan fingerprint density at radius 2 is 1.60 bits per heavy atom. The molecule has 0 radical (unpaired) electrons. The number of halogens is 4. The molecule has 1 saturated heterocycles. The normalized spacial score (nSPS) is 14.7. The third-order valence-corrected chi connectivity index (χ3v) is 8.26. The summed E-state index contributed by atoms with van der Waals surface area (Å²) in [6, 6.07) is 17.9. The van der Waals surface area contributed by atoms with Crippen LogP contribution < -0.4 is 26.6 Å². The zero-order valence-electron chi connectivity index (χ0n) is 26.0. The maximum Gasteiger partial charge on any atom is 0.416 e. The van der Waals surface area contributed by atoms with Gasteiger partial charge in [0.05, 0.1) is 18.7 Å². The van der Waals surface area contributed by atoms with Gasteiger partial charge in [-0.2, -0.15) is 13.2 Å². The van der Waals surface area contributed by atoms with Crippen LogP contribution in [0, 0.1) is 12.7 Å². The van der Waals surface area contributed by atoms with Crippen LogP contribution in [0.2, 0.25) is 0 Å². The number of benzene rings is 3. The van der Waals surface area contributed by atoms with Crippen molar-refractivity contribution in [1.29, 1.82) is 0 Å². The SMILES string of the molecule is CC(=O)Oc1cccc(CN2CCN(c3c(C)n(Cc4c(F)cccc4C(F)(F)F)c(=O)n(C[C@@H](N)c4ccccc4)c3=O)CC2)c1. The summed E-state index contributed by atoms with van der Waals surface area (Å²) in [6.45, 7) is 4.16. The van der Waals surface area contributed by atoms with Crippen molar-refractivity contribution in [3.05, 3.63) is 127 Å². The maximum absolute atomic E-state index is 15.0. The number of nitrogens with two attached hydrogens (primary N) is 1. The molecule has 1 aliphatic heterocycles. The Balaban J connectivity index is 1.49. The number of alkyl halides is 3. The van der Waals surface area contributed by atoms with Gasteiger partial charge in [-0.3, -0.25) is 23.6 Å². The minimum absolute atomic E-state index is 0.128. The highest BCUT2D eigenvalue weighted by Gasteiger charge is 2.35. The second-order valence-corrected chi connectivity index (χ2v) is 11.5. The standard InChI is InChI=1S/C34H35F4N5O4/c1-22-31(41-16-14-40(15-17-41)19-24-8-6-11-26(18-24)47-23(2)44)32(45)43(21-30(39)25-9-4-3-5-10-25)33(46)42(22)20-27-28(34(36,37)38)12-7-13-29(27)35/h3-13,18,30H,14-17,19-21,39H2,1-2H3/t30-/m1/s1. The Bertz CT molecular complexity index is 1870. The van der Waals surface area contributed by atoms with Crippen molar-refractivity contribution in [2.24, 2.45) is 5.73 Å². The number of carbonyl (C=O) groups excluding carboxylic acids is 1. The van der Waals surface area contributed by atoms with Crippen molar-refractivity contribution < 1.29 is 27.1 Å². The first-order valence-electron chi connectivity index (χ1n) is 15.1. The lowest BCUT2D eigenvalue weighted by Gasteiger charge is -2.37. The summed E-state index contributed by atoms with van der Waals surface area (Å²) in [5, 5.41) is 0. The van der Waals surface area contributed by atoms with Crippen LogP contribution in [0.4, 0.5) is 23.2 Å². The Labute approximate surface area is 268 Å². The van der Waals surface area contributed by atoms with Crippen LogP contribution in [0.25, 0.3) is 0 Å². The van der Waals surface area contributed by atoms with Crippen molar-refractivity contribution in [2.45, 2.75) is 45.7 Å². The molecule has 1 fully saturated rings. The minimum atomic E-state index is -4.87. The van der Waals surface area contributed by atoms with E-state index in [1.54, 1.807) is 53.4 Å². The van der Waals surface area contributed by atoms with Crippen molar-refractivity contribution in [2.75, 3.05) is 31.1 Å². The Morgan fingerprint density at radius 3 is 2.26 bits per heavy atom. The fraction of sp³-hybridized carbons (Fsp3) is 0.324. The van der Waals surface area contributed by atoms with E-state index < -0.39 is 52.9 Å². The average molecular weight is 654 g/mol. The summed E-state index contributed by atoms with van der Waals surface area (Å²) in [6.07, 6.45) is -4.87. The fourth-order valence-electron chi connectivity index (χ4n) is 5.90. The summed E-state index contributed by atoms with van der Waals surface area (Å²) in [5.41, 5.74) is 4.85. The lowest BCUT2D eigenvalue weighted by Crippen LogP contribution is -2.51. The van der Waals surface area contributed by atoms with E-state index in [2.05, 4.69) is 4.90 Å². The molecule has 0 aliphatic carbocycles. The van der Waals surface area contributed by atoms with E-state index in [-0.39, 0.29) is 17.9 Å². The van der Waals surface area contributed by atoms with Gasteiger partial charge in [-0.05, 0) is 42.3 Å². The molecule has 2 heterocycles. The smallest absolute Gasteiger partial charge is 0.416 e. The Morgan fingerprint density at radius 1 is 0.915 bits per heavy atom. The molecule has 1 aromatic heterocycles. The summed E-state index contributed by atoms with van der Waals surface area (Å²) in [5.74, 6) is -1.10. The highest BCUT2D eigenvalue weighted by molar-refractivity contribution is 5.69. The Hall–Kier alpha value is -4.75. The number of rotatable bonds is 9. The van der Waals surface area contributed by atoms with E-state index in [0.717, 1.165) is 32.9 Å². The number of piperazine rings is 1. The van der Waals surface area contributed by atoms with E-state index in [1.807, 2.05) is 6.07 Å². The largest absolute Gasteiger partial charge is 0.427 e. The van der Waals surface area contributed by atoms with Crippen molar-refractivity contribution in [1.82, 2.24) is 14.0 Å². The summed E-state index contributed by atoms with van der Waals surface area (Å²) < 4.78 is 63.8. The highest BCUT2D eigenvalue weighted by Crippen LogP contribution is 2.33. The molecular formula is C34H35F4N5O4. The molecule has 9 nitrogen and oxygen atoms in total. The van der Waals surface area contributed by atoms with E-state index in [4.69, 9.17) is 10.5 Å². The first kappa shape index (κ1) is 33.6. The number of hydrogen-bond donors (Lipinski definition) is 1. The van der Waals surface area contributed by atoms with Gasteiger partial charge in [-0.25, -0.2) is 9.18 Å². The predicted octanol–water partition coefficient (Wildman–Crippen LogP) is 4.47. The van der Waals surface area contributed by atoms with Crippen LogP contribution in [0.5, 0.6) is 5.75 Å². The van der Waals surface area contributed by atoms with Crippen LogP contribution in [0.15, 0.2) is 82.4 Å². The van der Waals surface area contributed by atoms with Crippen LogP contribution in [0.3, 0.4) is 0 Å². The second kappa shape index (κ2) is 13.9. The molecule has 248 valence electrons. The van der Waals surface area contributed by atoms with E-state index in [1.165, 1.54) is 13.8 Å². The number of nitrogens with zero attached hydrogens (tertiary/aromatic N) is 4. The second-order valence-electron chi connectivity index (χ2n) is 11.5. The molecule has 0 spiro atoms. The molecular weight excluding hydrogens is 618 g/mol. The maximum atomic E-state index is 15.0. The van der Waals surface area contributed by atoms with E-state index >= 15 is 0 Å². The van der Waals surface area contributed by atoms with Crippen LogP contribution in [0.1, 0.15) is 40.9 Å². The van der Waals surface area contributed by atoms with Crippen LogP contribution >= 0.6 is 0 Å². The first-order valence-corrected chi connectivity index (χ1v) is 15.1. The number of esters is 1. The minimum Gasteiger partial charge on any atom is -0.427 e. The molecule has 0 saturated carbocycles. The van der Waals surface area contributed by atoms with Gasteiger partial charge in [0.25, 0.3) is 5.56 Å². The summed E-state index contributed by atoms with van der Waals surface area (Å²) in [7, 11) is 0. The quantitative estimate of drug-likeness (QED) is 0.162. The number of aromatic nitrogens is 2. The fourth-order valence-corrected chi connectivity index (χ4v) is 5.90. The van der Waals surface area contributed by atoms with Gasteiger partial charge >= 0.3 is 17.8 Å². The third-order valence-electron chi connectivity index (χ3n) is 8.26. The molecule has 0 amide bonds. The Kier molecular flexibility index (Phi) is 9.96. The lowest BCUT2D eigenvalue weighted by atomic mass is 10.1. The molecule has 3 aromatic carbocycles. The van der Waals surface area contributed by atoms with Gasteiger partial charge < -0.3 is 15.4 Å². The molecule has 0 bridgehead atoms. The van der Waals surface area contributed by atoms with Crippen molar-refractivity contribution in [3.8, 4) is 5.75 Å². The average Bonchev–Trinajstić information content (AvgIpc) is 3.02. The van der Waals surface area contributed by atoms with Crippen LogP contribution in [-0.4, -0.2) is 46.2 Å². The third kappa shape index (κ3) is 7.63. The summed E-state index contributed by atoms with van der Waals surface area (Å²) >= 11 is 0. The molecule has 0 unspecified atom stereocenters. The summed E-state index contributed by atoms with van der Waals surface area (Å²) in [4.78, 5) is 43.2. The van der Waals surface area contributed by atoms with Crippen LogP contribution in [-0.2, 0) is 30.6 Å². The molecule has 47 heavy (non-hydrogen) atoms. The van der Waals surface area contributed by atoms with Gasteiger partial charge in [0.15, 0.2) is 0 Å². The predicted molar refractivity (Wildman–Crippen MR) is 169 cm³/mol. The van der Waals surface area contributed by atoms with E-state index in [9.17, 15) is 31.9 Å². The molecule has 1 atom stereocenters. The van der Waals surface area contributed by atoms with Gasteiger partial charge in [0.1, 0.15) is 17.3 Å². The van der Waals surface area contributed by atoms with Crippen molar-refractivity contribution in [3.63, 3.8) is 0 Å². The molecule has 5 rings (SSSR count). The molecule has 13 heteroatoms. The number of ether oxygens (including phenoxy) is 1. The number of hydrogen-bond acceptors (Lipinski definition) is 7. The zero-order chi connectivity index (χ0) is 33.9. The number of anilines is 1.